The minimum absolute atomic E-state index is 1.04. The SMILES string of the molecule is CC.CSc1cncc(Br)c1. The third-order valence-electron chi connectivity index (χ3n) is 0.915. The zero-order chi connectivity index (χ0) is 8.69. The second-order valence-electron chi connectivity index (χ2n) is 1.54. The first-order chi connectivity index (χ1) is 5.33. The van der Waals surface area contributed by atoms with Gasteiger partial charge in [0.1, 0.15) is 0 Å². The normalized spacial score (nSPS) is 8.36. The summed E-state index contributed by atoms with van der Waals surface area (Å²) in [5.74, 6) is 0. The Morgan fingerprint density at radius 3 is 2.36 bits per heavy atom. The molecule has 1 aromatic rings. The lowest BCUT2D eigenvalue weighted by Crippen LogP contribution is -1.72. The minimum atomic E-state index is 1.04. The summed E-state index contributed by atoms with van der Waals surface area (Å²) in [6.07, 6.45) is 5.65. The van der Waals surface area contributed by atoms with Crippen LogP contribution in [0, 0.1) is 0 Å². The number of halogens is 1. The van der Waals surface area contributed by atoms with Crippen molar-refractivity contribution in [3.8, 4) is 0 Å². The first-order valence-electron chi connectivity index (χ1n) is 3.47. The molecule has 0 radical (unpaired) electrons. The van der Waals surface area contributed by atoms with Crippen molar-refractivity contribution in [3.05, 3.63) is 22.9 Å². The number of thioether (sulfide) groups is 1. The second kappa shape index (κ2) is 6.68. The summed E-state index contributed by atoms with van der Waals surface area (Å²) >= 11 is 5.02. The van der Waals surface area contributed by atoms with Crippen LogP contribution in [0.4, 0.5) is 0 Å². The molecule has 3 heteroatoms. The first-order valence-corrected chi connectivity index (χ1v) is 5.49. The molecule has 1 nitrogen and oxygen atoms in total. The summed E-state index contributed by atoms with van der Waals surface area (Å²) in [4.78, 5) is 5.17. The van der Waals surface area contributed by atoms with Gasteiger partial charge in [0.05, 0.1) is 0 Å². The fourth-order valence-corrected chi connectivity index (χ4v) is 1.43. The monoisotopic (exact) mass is 233 g/mol. The number of pyridine rings is 1. The lowest BCUT2D eigenvalue weighted by atomic mass is 10.5. The molecule has 0 N–H and O–H groups in total. The molecule has 0 atom stereocenters. The first kappa shape index (κ1) is 11.0. The fraction of sp³-hybridized carbons (Fsp3) is 0.375. The second-order valence-corrected chi connectivity index (χ2v) is 3.34. The molecule has 11 heavy (non-hydrogen) atoms. The van der Waals surface area contributed by atoms with Gasteiger partial charge in [0.2, 0.25) is 0 Å². The van der Waals surface area contributed by atoms with Crippen molar-refractivity contribution in [2.75, 3.05) is 6.26 Å². The number of aromatic nitrogens is 1. The largest absolute Gasteiger partial charge is 0.262 e. The molecule has 0 saturated carbocycles. The van der Waals surface area contributed by atoms with E-state index in [4.69, 9.17) is 0 Å². The number of rotatable bonds is 1. The zero-order valence-corrected chi connectivity index (χ0v) is 9.37. The zero-order valence-electron chi connectivity index (χ0n) is 6.97. The number of hydrogen-bond acceptors (Lipinski definition) is 2. The van der Waals surface area contributed by atoms with E-state index in [1.807, 2.05) is 32.4 Å². The van der Waals surface area contributed by atoms with Crippen LogP contribution in [0.25, 0.3) is 0 Å². The van der Waals surface area contributed by atoms with Gasteiger partial charge in [0, 0.05) is 21.8 Å². The molecule has 0 fully saturated rings. The molecule has 0 saturated heterocycles. The summed E-state index contributed by atoms with van der Waals surface area (Å²) < 4.78 is 1.04. The van der Waals surface area contributed by atoms with E-state index < -0.39 is 0 Å². The molecule has 0 aliphatic carbocycles. The Morgan fingerprint density at radius 2 is 2.00 bits per heavy atom. The van der Waals surface area contributed by atoms with Gasteiger partial charge < -0.3 is 0 Å². The van der Waals surface area contributed by atoms with E-state index in [0.29, 0.717) is 0 Å². The van der Waals surface area contributed by atoms with Crippen molar-refractivity contribution in [2.45, 2.75) is 18.7 Å². The van der Waals surface area contributed by atoms with Gasteiger partial charge in [-0.25, -0.2) is 0 Å². The van der Waals surface area contributed by atoms with Gasteiger partial charge in [0.25, 0.3) is 0 Å². The summed E-state index contributed by atoms with van der Waals surface area (Å²) in [6, 6.07) is 2.04. The standard InChI is InChI=1S/C6H6BrNS.C2H6/c1-9-6-2-5(7)3-8-4-6;1-2/h2-4H,1H3;1-2H3. The van der Waals surface area contributed by atoms with Crippen LogP contribution in [0.15, 0.2) is 27.8 Å². The van der Waals surface area contributed by atoms with E-state index in [2.05, 4.69) is 20.9 Å². The van der Waals surface area contributed by atoms with E-state index in [1.54, 1.807) is 18.0 Å². The molecule has 1 heterocycles. The molecule has 0 aliphatic rings. The van der Waals surface area contributed by atoms with Gasteiger partial charge >= 0.3 is 0 Å². The van der Waals surface area contributed by atoms with E-state index in [0.717, 1.165) is 4.47 Å². The maximum absolute atomic E-state index is 3.99. The summed E-state index contributed by atoms with van der Waals surface area (Å²) in [6.45, 7) is 4.00. The Morgan fingerprint density at radius 1 is 1.36 bits per heavy atom. The smallest absolute Gasteiger partial charge is 0.0411 e. The van der Waals surface area contributed by atoms with Gasteiger partial charge in [0.15, 0.2) is 0 Å². The summed E-state index contributed by atoms with van der Waals surface area (Å²) in [7, 11) is 0. The maximum atomic E-state index is 3.99. The molecule has 62 valence electrons. The average molecular weight is 234 g/mol. The van der Waals surface area contributed by atoms with Gasteiger partial charge in [-0.2, -0.15) is 0 Å². The number of nitrogens with zero attached hydrogens (tertiary/aromatic N) is 1. The van der Waals surface area contributed by atoms with Crippen molar-refractivity contribution < 1.29 is 0 Å². The highest BCUT2D eigenvalue weighted by Gasteiger charge is 1.89. The molecule has 0 bridgehead atoms. The van der Waals surface area contributed by atoms with E-state index >= 15 is 0 Å². The van der Waals surface area contributed by atoms with Crippen LogP contribution in [-0.2, 0) is 0 Å². The van der Waals surface area contributed by atoms with Crippen LogP contribution in [0.3, 0.4) is 0 Å². The summed E-state index contributed by atoms with van der Waals surface area (Å²) in [5, 5.41) is 0. The van der Waals surface area contributed by atoms with Crippen LogP contribution >= 0.6 is 27.7 Å². The average Bonchev–Trinajstić information content (AvgIpc) is 2.08. The highest BCUT2D eigenvalue weighted by Crippen LogP contribution is 2.17. The molecule has 0 unspecified atom stereocenters. The van der Waals surface area contributed by atoms with Crippen LogP contribution in [0.1, 0.15) is 13.8 Å². The Kier molecular flexibility index (Phi) is 6.66. The van der Waals surface area contributed by atoms with Crippen molar-refractivity contribution in [3.63, 3.8) is 0 Å². The van der Waals surface area contributed by atoms with Gasteiger partial charge in [-0.1, -0.05) is 13.8 Å². The molecular weight excluding hydrogens is 222 g/mol. The van der Waals surface area contributed by atoms with E-state index in [-0.39, 0.29) is 0 Å². The third kappa shape index (κ3) is 4.43. The Bertz CT molecular complexity index is 203. The molecule has 1 aromatic heterocycles. The van der Waals surface area contributed by atoms with Crippen LogP contribution in [-0.4, -0.2) is 11.2 Å². The Hall–Kier alpha value is -0.0200. The van der Waals surface area contributed by atoms with Gasteiger partial charge in [-0.3, -0.25) is 4.98 Å². The van der Waals surface area contributed by atoms with Crippen LogP contribution in [0.2, 0.25) is 0 Å². The Labute approximate surface area is 80.7 Å². The third-order valence-corrected chi connectivity index (χ3v) is 2.04. The molecular formula is C8H12BrNS. The fourth-order valence-electron chi connectivity index (χ4n) is 0.504. The quantitative estimate of drug-likeness (QED) is 0.688. The van der Waals surface area contributed by atoms with Crippen molar-refractivity contribution >= 4 is 27.7 Å². The Balaban J connectivity index is 0.000000461. The van der Waals surface area contributed by atoms with Crippen molar-refractivity contribution in [1.29, 1.82) is 0 Å². The molecule has 0 aromatic carbocycles. The number of hydrogen-bond donors (Lipinski definition) is 0. The van der Waals surface area contributed by atoms with E-state index in [1.165, 1.54) is 4.90 Å². The highest BCUT2D eigenvalue weighted by atomic mass is 79.9. The van der Waals surface area contributed by atoms with E-state index in [9.17, 15) is 0 Å². The van der Waals surface area contributed by atoms with Crippen LogP contribution < -0.4 is 0 Å². The van der Waals surface area contributed by atoms with Gasteiger partial charge in [-0.15, -0.1) is 11.8 Å². The minimum Gasteiger partial charge on any atom is -0.262 e. The molecule has 0 aliphatic heterocycles. The lowest BCUT2D eigenvalue weighted by molar-refractivity contribution is 1.22. The van der Waals surface area contributed by atoms with Gasteiger partial charge in [-0.05, 0) is 28.3 Å². The lowest BCUT2D eigenvalue weighted by Gasteiger charge is -1.92. The highest BCUT2D eigenvalue weighted by molar-refractivity contribution is 9.10. The molecule has 0 amide bonds. The topological polar surface area (TPSA) is 12.9 Å². The predicted molar refractivity (Wildman–Crippen MR) is 55.1 cm³/mol. The summed E-state index contributed by atoms with van der Waals surface area (Å²) in [5.41, 5.74) is 0. The molecule has 1 rings (SSSR count). The maximum Gasteiger partial charge on any atom is 0.0411 e. The van der Waals surface area contributed by atoms with Crippen molar-refractivity contribution in [2.24, 2.45) is 0 Å². The van der Waals surface area contributed by atoms with Crippen LogP contribution in [0.5, 0.6) is 0 Å². The molecule has 0 spiro atoms. The van der Waals surface area contributed by atoms with Crippen molar-refractivity contribution in [1.82, 2.24) is 4.98 Å². The predicted octanol–water partition coefficient (Wildman–Crippen LogP) is 3.59.